The van der Waals surface area contributed by atoms with E-state index in [4.69, 9.17) is 0 Å². The summed E-state index contributed by atoms with van der Waals surface area (Å²) in [7, 11) is 3.13. The van der Waals surface area contributed by atoms with Gasteiger partial charge in [0.1, 0.15) is 0 Å². The summed E-state index contributed by atoms with van der Waals surface area (Å²) in [5, 5.41) is 6.37. The molecule has 0 aliphatic carbocycles. The Morgan fingerprint density at radius 1 is 1.67 bits per heavy atom. The van der Waals surface area contributed by atoms with Crippen molar-refractivity contribution in [2.45, 2.75) is 0 Å². The summed E-state index contributed by atoms with van der Waals surface area (Å²) in [6.45, 7) is 0. The molecule has 0 unspecified atom stereocenters. The van der Waals surface area contributed by atoms with Crippen molar-refractivity contribution in [1.29, 1.82) is 0 Å². The van der Waals surface area contributed by atoms with Crippen molar-refractivity contribution in [3.05, 3.63) is 0 Å². The van der Waals surface area contributed by atoms with Crippen LogP contribution >= 0.6 is 0 Å². The highest BCUT2D eigenvalue weighted by atomic mass is 16.8. The minimum atomic E-state index is 1.53. The largest absolute Gasteiger partial charge is 0.280 e. The molecule has 0 heterocycles. The summed E-state index contributed by atoms with van der Waals surface area (Å²) in [6, 6.07) is 0. The fourth-order valence-electron chi connectivity index (χ4n) is 0.0816. The second-order valence-electron chi connectivity index (χ2n) is 0.577. The molecule has 0 aliphatic heterocycles. The number of hydrogen-bond donors (Lipinski definition) is 1. The molecule has 0 radical (unpaired) electrons. The van der Waals surface area contributed by atoms with Crippen LogP contribution in [0.15, 0.2) is 10.4 Å². The summed E-state index contributed by atoms with van der Waals surface area (Å²) >= 11 is 0. The van der Waals surface area contributed by atoms with Crippen molar-refractivity contribution in [2.24, 2.45) is 10.4 Å². The summed E-state index contributed by atoms with van der Waals surface area (Å²) in [5.74, 6) is 0. The van der Waals surface area contributed by atoms with E-state index in [1.807, 2.05) is 0 Å². The molecular weight excluding hydrogens is 82.0 g/mol. The van der Waals surface area contributed by atoms with Gasteiger partial charge in [0, 0.05) is 12.3 Å². The molecular formula is C2H7N3O. The zero-order chi connectivity index (χ0) is 4.83. The van der Waals surface area contributed by atoms with Crippen molar-refractivity contribution in [2.75, 3.05) is 14.1 Å². The highest BCUT2D eigenvalue weighted by Crippen LogP contribution is 1.63. The van der Waals surface area contributed by atoms with Gasteiger partial charge in [-0.05, 0) is 0 Å². The minimum Gasteiger partial charge on any atom is -0.280 e. The smallest absolute Gasteiger partial charge is 0.0524 e. The third-order valence-electron chi connectivity index (χ3n) is 0.214. The minimum absolute atomic E-state index is 1.53. The van der Waals surface area contributed by atoms with E-state index < -0.39 is 0 Å². The molecule has 0 aromatic carbocycles. The van der Waals surface area contributed by atoms with Gasteiger partial charge in [0.15, 0.2) is 0 Å². The Morgan fingerprint density at radius 3 is 2.50 bits per heavy atom. The summed E-state index contributed by atoms with van der Waals surface area (Å²) in [6.07, 6.45) is 0. The predicted octanol–water partition coefficient (Wildman–Crippen LogP) is 0.134. The van der Waals surface area contributed by atoms with Crippen molar-refractivity contribution in [1.82, 2.24) is 5.48 Å². The second-order valence-corrected chi connectivity index (χ2v) is 0.577. The van der Waals surface area contributed by atoms with E-state index in [2.05, 4.69) is 20.8 Å². The molecule has 0 spiro atoms. The van der Waals surface area contributed by atoms with Gasteiger partial charge in [0.2, 0.25) is 0 Å². The first-order chi connectivity index (χ1) is 2.91. The number of hydrogen-bond acceptors (Lipinski definition) is 4. The average molecular weight is 89.1 g/mol. The molecule has 0 aromatic rings. The van der Waals surface area contributed by atoms with E-state index in [0.717, 1.165) is 0 Å². The molecule has 0 rings (SSSR count). The fraction of sp³-hybridized carbons (Fsp3) is 1.00. The number of rotatable bonds is 2. The van der Waals surface area contributed by atoms with Gasteiger partial charge >= 0.3 is 0 Å². The second kappa shape index (κ2) is 4.36. The molecule has 0 saturated carbocycles. The van der Waals surface area contributed by atoms with E-state index in [1.165, 1.54) is 7.05 Å². The first-order valence-electron chi connectivity index (χ1n) is 1.53. The Kier molecular flexibility index (Phi) is 3.89. The van der Waals surface area contributed by atoms with E-state index in [1.54, 1.807) is 7.05 Å². The van der Waals surface area contributed by atoms with Crippen LogP contribution in [-0.2, 0) is 4.94 Å². The molecule has 0 saturated heterocycles. The molecule has 0 atom stereocenters. The van der Waals surface area contributed by atoms with Crippen molar-refractivity contribution in [3.63, 3.8) is 0 Å². The van der Waals surface area contributed by atoms with Crippen molar-refractivity contribution >= 4 is 0 Å². The number of nitrogens with one attached hydrogen (secondary N) is 1. The lowest BCUT2D eigenvalue weighted by atomic mass is 11.5. The van der Waals surface area contributed by atoms with Crippen LogP contribution in [0.3, 0.4) is 0 Å². The van der Waals surface area contributed by atoms with Gasteiger partial charge in [0.25, 0.3) is 0 Å². The number of nitrogens with zero attached hydrogens (tertiary/aromatic N) is 2. The quantitative estimate of drug-likeness (QED) is 0.386. The lowest BCUT2D eigenvalue weighted by Gasteiger charge is -1.83. The van der Waals surface area contributed by atoms with Gasteiger partial charge in [-0.2, -0.15) is 5.11 Å². The third kappa shape index (κ3) is 3.36. The lowest BCUT2D eigenvalue weighted by molar-refractivity contribution is 0.0474. The average Bonchev–Trinajstić information content (AvgIpc) is 1.61. The standard InChI is InChI=1S/C2H7N3O/c1-3-5-6-4-2/h4H,1-2H3/b5-3-. The first kappa shape index (κ1) is 5.36. The summed E-state index contributed by atoms with van der Waals surface area (Å²) in [4.78, 5) is 4.19. The Labute approximate surface area is 36.1 Å². The molecule has 0 bridgehead atoms. The van der Waals surface area contributed by atoms with Crippen LogP contribution < -0.4 is 5.48 Å². The summed E-state index contributed by atoms with van der Waals surface area (Å²) < 4.78 is 0. The van der Waals surface area contributed by atoms with Crippen LogP contribution in [-0.4, -0.2) is 14.1 Å². The molecule has 1 N–H and O–H groups in total. The SMILES string of the molecule is C/N=N\ONC. The Balaban J connectivity index is 2.66. The molecule has 4 nitrogen and oxygen atoms in total. The molecule has 0 aromatic heterocycles. The maximum Gasteiger partial charge on any atom is 0.0524 e. The zero-order valence-corrected chi connectivity index (χ0v) is 3.80. The maximum atomic E-state index is 4.19. The van der Waals surface area contributed by atoms with Crippen LogP contribution in [0.25, 0.3) is 0 Å². The van der Waals surface area contributed by atoms with Crippen LogP contribution in [0, 0.1) is 0 Å². The normalized spacial score (nSPS) is 9.67. The Hall–Kier alpha value is -0.640. The van der Waals surface area contributed by atoms with E-state index >= 15 is 0 Å². The van der Waals surface area contributed by atoms with Crippen molar-refractivity contribution in [3.8, 4) is 0 Å². The zero-order valence-electron chi connectivity index (χ0n) is 3.80. The molecule has 0 aliphatic rings. The maximum absolute atomic E-state index is 4.19. The van der Waals surface area contributed by atoms with E-state index in [0.29, 0.717) is 0 Å². The van der Waals surface area contributed by atoms with Gasteiger partial charge in [-0.3, -0.25) is 4.94 Å². The van der Waals surface area contributed by atoms with Crippen molar-refractivity contribution < 1.29 is 4.94 Å². The summed E-state index contributed by atoms with van der Waals surface area (Å²) in [5.41, 5.74) is 2.31. The van der Waals surface area contributed by atoms with Crippen LogP contribution in [0.5, 0.6) is 0 Å². The third-order valence-corrected chi connectivity index (χ3v) is 0.214. The first-order valence-corrected chi connectivity index (χ1v) is 1.53. The van der Waals surface area contributed by atoms with Gasteiger partial charge in [-0.25, -0.2) is 0 Å². The predicted molar refractivity (Wildman–Crippen MR) is 20.9 cm³/mol. The monoisotopic (exact) mass is 89.1 g/mol. The molecule has 4 heteroatoms. The van der Waals surface area contributed by atoms with Gasteiger partial charge in [-0.15, -0.1) is 5.48 Å². The molecule has 0 amide bonds. The van der Waals surface area contributed by atoms with E-state index in [9.17, 15) is 0 Å². The van der Waals surface area contributed by atoms with Gasteiger partial charge < -0.3 is 0 Å². The molecule has 0 fully saturated rings. The lowest BCUT2D eigenvalue weighted by Crippen LogP contribution is -1.99. The van der Waals surface area contributed by atoms with E-state index in [-0.39, 0.29) is 0 Å². The fourth-order valence-corrected chi connectivity index (χ4v) is 0.0816. The molecule has 36 valence electrons. The van der Waals surface area contributed by atoms with Crippen LogP contribution in [0.1, 0.15) is 0 Å². The highest BCUT2D eigenvalue weighted by molar-refractivity contribution is 3.90. The Bertz CT molecular complexity index is 44.1. The van der Waals surface area contributed by atoms with Crippen LogP contribution in [0.4, 0.5) is 0 Å². The Morgan fingerprint density at radius 2 is 2.33 bits per heavy atom. The highest BCUT2D eigenvalue weighted by Gasteiger charge is 1.58. The van der Waals surface area contributed by atoms with Gasteiger partial charge in [-0.1, -0.05) is 0 Å². The van der Waals surface area contributed by atoms with Gasteiger partial charge in [0.05, 0.1) is 7.05 Å². The van der Waals surface area contributed by atoms with Crippen LogP contribution in [0.2, 0.25) is 0 Å². The number of hydroxylamine groups is 1. The topological polar surface area (TPSA) is 46.0 Å². The molecule has 6 heavy (non-hydrogen) atoms.